The van der Waals surface area contributed by atoms with Crippen molar-refractivity contribution in [3.63, 3.8) is 0 Å². The number of carbonyl (C=O) groups is 2. The number of likely N-dealkylation sites (tertiary alicyclic amines) is 1. The zero-order chi connectivity index (χ0) is 17.6. The standard InChI is InChI=1S/C20H30N2O2/c1-20(2,3)17-10-8-16(9-11-17)19(24)21-13-12-18(23)22-14-6-4-5-7-15-22/h8-11H,4-7,12-15H2,1-3H3,(H,21,24). The number of nitrogens with zero attached hydrogens (tertiary/aromatic N) is 1. The predicted octanol–water partition coefficient (Wildman–Crippen LogP) is 3.51. The molecule has 1 N–H and O–H groups in total. The summed E-state index contributed by atoms with van der Waals surface area (Å²) in [5.41, 5.74) is 1.93. The van der Waals surface area contributed by atoms with E-state index in [1.165, 1.54) is 18.4 Å². The maximum absolute atomic E-state index is 12.2. The molecule has 1 aromatic carbocycles. The van der Waals surface area contributed by atoms with Crippen LogP contribution in [0.2, 0.25) is 0 Å². The number of nitrogens with one attached hydrogen (secondary N) is 1. The molecule has 1 heterocycles. The Balaban J connectivity index is 1.79. The van der Waals surface area contributed by atoms with Crippen molar-refractivity contribution in [3.05, 3.63) is 35.4 Å². The lowest BCUT2D eigenvalue weighted by molar-refractivity contribution is -0.131. The average molecular weight is 330 g/mol. The Morgan fingerprint density at radius 2 is 1.58 bits per heavy atom. The SMILES string of the molecule is CC(C)(C)c1ccc(C(=O)NCCC(=O)N2CCCCCC2)cc1. The first-order valence-corrected chi connectivity index (χ1v) is 9.04. The number of hydrogen-bond donors (Lipinski definition) is 1. The van der Waals surface area contributed by atoms with E-state index in [1.54, 1.807) is 0 Å². The Morgan fingerprint density at radius 1 is 1.00 bits per heavy atom. The molecule has 0 bridgehead atoms. The Labute approximate surface area is 145 Å². The fourth-order valence-corrected chi connectivity index (χ4v) is 2.98. The van der Waals surface area contributed by atoms with Crippen molar-refractivity contribution in [3.8, 4) is 0 Å². The van der Waals surface area contributed by atoms with Gasteiger partial charge in [-0.25, -0.2) is 0 Å². The van der Waals surface area contributed by atoms with E-state index in [-0.39, 0.29) is 17.2 Å². The molecule has 0 atom stereocenters. The predicted molar refractivity (Wildman–Crippen MR) is 97.1 cm³/mol. The fraction of sp³-hybridized carbons (Fsp3) is 0.600. The molecule has 24 heavy (non-hydrogen) atoms. The van der Waals surface area contributed by atoms with Gasteiger partial charge in [-0.2, -0.15) is 0 Å². The summed E-state index contributed by atoms with van der Waals surface area (Å²) in [4.78, 5) is 26.3. The molecule has 0 radical (unpaired) electrons. The third-order valence-electron chi connectivity index (χ3n) is 4.60. The molecule has 1 aliphatic heterocycles. The first kappa shape index (κ1) is 18.5. The molecule has 0 unspecified atom stereocenters. The Morgan fingerprint density at radius 3 is 2.12 bits per heavy atom. The molecule has 0 aliphatic carbocycles. The van der Waals surface area contributed by atoms with Gasteiger partial charge in [-0.1, -0.05) is 45.7 Å². The van der Waals surface area contributed by atoms with Gasteiger partial charge in [-0.05, 0) is 36.0 Å². The smallest absolute Gasteiger partial charge is 0.251 e. The van der Waals surface area contributed by atoms with Crippen LogP contribution in [0.3, 0.4) is 0 Å². The van der Waals surface area contributed by atoms with Crippen molar-refractivity contribution in [2.75, 3.05) is 19.6 Å². The second-order valence-electron chi connectivity index (χ2n) is 7.63. The maximum Gasteiger partial charge on any atom is 0.251 e. The number of hydrogen-bond acceptors (Lipinski definition) is 2. The summed E-state index contributed by atoms with van der Waals surface area (Å²) in [6.45, 7) is 8.57. The van der Waals surface area contributed by atoms with Crippen molar-refractivity contribution in [1.82, 2.24) is 10.2 Å². The van der Waals surface area contributed by atoms with Crippen molar-refractivity contribution in [2.45, 2.75) is 58.3 Å². The normalized spacial score (nSPS) is 15.7. The Bertz CT molecular complexity index is 550. The minimum atomic E-state index is -0.112. The topological polar surface area (TPSA) is 49.4 Å². The van der Waals surface area contributed by atoms with Crippen LogP contribution in [-0.4, -0.2) is 36.3 Å². The van der Waals surface area contributed by atoms with Crippen molar-refractivity contribution < 1.29 is 9.59 Å². The molecule has 0 spiro atoms. The summed E-state index contributed by atoms with van der Waals surface area (Å²) in [5.74, 6) is 0.0411. The van der Waals surface area contributed by atoms with E-state index in [0.29, 0.717) is 18.5 Å². The van der Waals surface area contributed by atoms with Crippen LogP contribution < -0.4 is 5.32 Å². The molecular weight excluding hydrogens is 300 g/mol. The summed E-state index contributed by atoms with van der Waals surface area (Å²) in [5, 5.41) is 2.86. The van der Waals surface area contributed by atoms with Gasteiger partial charge in [0, 0.05) is 31.6 Å². The number of rotatable bonds is 4. The third kappa shape index (κ3) is 5.36. The van der Waals surface area contributed by atoms with E-state index >= 15 is 0 Å². The van der Waals surface area contributed by atoms with Crippen LogP contribution in [0.15, 0.2) is 24.3 Å². The minimum Gasteiger partial charge on any atom is -0.352 e. The van der Waals surface area contributed by atoms with Gasteiger partial charge in [-0.15, -0.1) is 0 Å². The molecule has 1 saturated heterocycles. The first-order valence-electron chi connectivity index (χ1n) is 9.04. The lowest BCUT2D eigenvalue weighted by Crippen LogP contribution is -2.35. The second-order valence-corrected chi connectivity index (χ2v) is 7.63. The van der Waals surface area contributed by atoms with Gasteiger partial charge in [0.05, 0.1) is 0 Å². The van der Waals surface area contributed by atoms with E-state index in [4.69, 9.17) is 0 Å². The third-order valence-corrected chi connectivity index (χ3v) is 4.60. The van der Waals surface area contributed by atoms with Crippen LogP contribution in [0.25, 0.3) is 0 Å². The molecule has 0 aromatic heterocycles. The highest BCUT2D eigenvalue weighted by Gasteiger charge is 2.16. The Kier molecular flexibility index (Phi) is 6.41. The van der Waals surface area contributed by atoms with E-state index in [9.17, 15) is 9.59 Å². The summed E-state index contributed by atoms with van der Waals surface area (Å²) in [6.07, 6.45) is 5.00. The fourth-order valence-electron chi connectivity index (χ4n) is 2.98. The zero-order valence-electron chi connectivity index (χ0n) is 15.2. The molecule has 4 heteroatoms. The van der Waals surface area contributed by atoms with Crippen LogP contribution in [0.1, 0.15) is 68.8 Å². The maximum atomic E-state index is 12.2. The van der Waals surface area contributed by atoms with Crippen LogP contribution in [0.5, 0.6) is 0 Å². The lowest BCUT2D eigenvalue weighted by atomic mass is 9.87. The summed E-state index contributed by atoms with van der Waals surface area (Å²) >= 11 is 0. The Hall–Kier alpha value is -1.84. The van der Waals surface area contributed by atoms with Gasteiger partial charge in [-0.3, -0.25) is 9.59 Å². The van der Waals surface area contributed by atoms with Crippen LogP contribution in [0, 0.1) is 0 Å². The zero-order valence-corrected chi connectivity index (χ0v) is 15.2. The molecule has 2 rings (SSSR count). The van der Waals surface area contributed by atoms with Gasteiger partial charge in [0.1, 0.15) is 0 Å². The molecule has 1 aromatic rings. The van der Waals surface area contributed by atoms with E-state index in [0.717, 1.165) is 25.9 Å². The molecule has 4 nitrogen and oxygen atoms in total. The number of amides is 2. The number of benzene rings is 1. The van der Waals surface area contributed by atoms with Gasteiger partial charge >= 0.3 is 0 Å². The molecule has 2 amide bonds. The van der Waals surface area contributed by atoms with Gasteiger partial charge in [0.25, 0.3) is 5.91 Å². The van der Waals surface area contributed by atoms with E-state index < -0.39 is 0 Å². The molecule has 1 aliphatic rings. The van der Waals surface area contributed by atoms with Crippen LogP contribution in [-0.2, 0) is 10.2 Å². The second kappa shape index (κ2) is 8.32. The molecule has 0 saturated carbocycles. The van der Waals surface area contributed by atoms with Crippen molar-refractivity contribution in [1.29, 1.82) is 0 Å². The van der Waals surface area contributed by atoms with Crippen LogP contribution in [0.4, 0.5) is 0 Å². The lowest BCUT2D eigenvalue weighted by Gasteiger charge is -2.20. The van der Waals surface area contributed by atoms with Crippen molar-refractivity contribution in [2.24, 2.45) is 0 Å². The van der Waals surface area contributed by atoms with Gasteiger partial charge < -0.3 is 10.2 Å². The first-order chi connectivity index (χ1) is 11.4. The largest absolute Gasteiger partial charge is 0.352 e. The van der Waals surface area contributed by atoms with E-state index in [2.05, 4.69) is 26.1 Å². The summed E-state index contributed by atoms with van der Waals surface area (Å²) in [7, 11) is 0. The van der Waals surface area contributed by atoms with Gasteiger partial charge in [0.2, 0.25) is 5.91 Å². The minimum absolute atomic E-state index is 0.0780. The van der Waals surface area contributed by atoms with Crippen molar-refractivity contribution >= 4 is 11.8 Å². The highest BCUT2D eigenvalue weighted by molar-refractivity contribution is 5.94. The highest BCUT2D eigenvalue weighted by Crippen LogP contribution is 2.22. The van der Waals surface area contributed by atoms with Gasteiger partial charge in [0.15, 0.2) is 0 Å². The summed E-state index contributed by atoms with van der Waals surface area (Å²) in [6, 6.07) is 7.70. The average Bonchev–Trinajstić information content (AvgIpc) is 2.83. The molecular formula is C20H30N2O2. The number of carbonyl (C=O) groups excluding carboxylic acids is 2. The molecule has 132 valence electrons. The monoisotopic (exact) mass is 330 g/mol. The highest BCUT2D eigenvalue weighted by atomic mass is 16.2. The summed E-state index contributed by atoms with van der Waals surface area (Å²) < 4.78 is 0. The molecule has 1 fully saturated rings. The van der Waals surface area contributed by atoms with E-state index in [1.807, 2.05) is 29.2 Å². The quantitative estimate of drug-likeness (QED) is 0.918. The van der Waals surface area contributed by atoms with Crippen LogP contribution >= 0.6 is 0 Å².